The zero-order valence-electron chi connectivity index (χ0n) is 12.5. The van der Waals surface area contributed by atoms with E-state index in [-0.39, 0.29) is 5.38 Å². The Morgan fingerprint density at radius 2 is 2.24 bits per heavy atom. The van der Waals surface area contributed by atoms with Gasteiger partial charge in [0, 0.05) is 13.1 Å². The summed E-state index contributed by atoms with van der Waals surface area (Å²) in [5.74, 6) is 1.57. The van der Waals surface area contributed by atoms with Crippen LogP contribution in [0.4, 0.5) is 0 Å². The van der Waals surface area contributed by atoms with Gasteiger partial charge < -0.3 is 9.47 Å². The Morgan fingerprint density at radius 1 is 1.43 bits per heavy atom. The normalized spacial score (nSPS) is 21.2. The van der Waals surface area contributed by atoms with Crippen molar-refractivity contribution in [2.45, 2.75) is 32.2 Å². The maximum Gasteiger partial charge on any atom is 0.127 e. The Bertz CT molecular complexity index is 636. The van der Waals surface area contributed by atoms with Crippen LogP contribution in [-0.2, 0) is 6.54 Å². The van der Waals surface area contributed by atoms with Gasteiger partial charge in [-0.25, -0.2) is 4.98 Å². The summed E-state index contributed by atoms with van der Waals surface area (Å²) in [5, 5.41) is 0.644. The Morgan fingerprint density at radius 3 is 2.90 bits per heavy atom. The van der Waals surface area contributed by atoms with E-state index in [1.165, 1.54) is 13.0 Å². The number of imidazole rings is 1. The van der Waals surface area contributed by atoms with Crippen molar-refractivity contribution < 1.29 is 0 Å². The minimum absolute atomic E-state index is 0.114. The predicted molar refractivity (Wildman–Crippen MR) is 89.2 cm³/mol. The summed E-state index contributed by atoms with van der Waals surface area (Å²) in [7, 11) is 0. The van der Waals surface area contributed by atoms with Crippen molar-refractivity contribution in [2.75, 3.05) is 19.6 Å². The van der Waals surface area contributed by atoms with Crippen LogP contribution in [0.15, 0.2) is 18.2 Å². The first-order valence-electron chi connectivity index (χ1n) is 7.61. The van der Waals surface area contributed by atoms with E-state index in [0.29, 0.717) is 5.92 Å². The zero-order valence-corrected chi connectivity index (χ0v) is 14.0. The minimum atomic E-state index is -0.114. The molecule has 2 heterocycles. The molecule has 1 aliphatic heterocycles. The van der Waals surface area contributed by atoms with Crippen LogP contribution >= 0.6 is 23.2 Å². The number of benzene rings is 1. The number of nitrogens with zero attached hydrogens (tertiary/aromatic N) is 3. The highest BCUT2D eigenvalue weighted by atomic mass is 35.5. The van der Waals surface area contributed by atoms with Crippen molar-refractivity contribution in [3.05, 3.63) is 29.0 Å². The van der Waals surface area contributed by atoms with Crippen LogP contribution in [0.5, 0.6) is 0 Å². The summed E-state index contributed by atoms with van der Waals surface area (Å²) in [6, 6.07) is 5.88. The summed E-state index contributed by atoms with van der Waals surface area (Å²) in [6.45, 7) is 8.60. The Hall–Kier alpha value is -0.770. The van der Waals surface area contributed by atoms with Crippen molar-refractivity contribution >= 4 is 34.2 Å². The van der Waals surface area contributed by atoms with Crippen LogP contribution in [0.25, 0.3) is 11.0 Å². The summed E-state index contributed by atoms with van der Waals surface area (Å²) >= 11 is 12.7. The highest BCUT2D eigenvalue weighted by molar-refractivity contribution is 6.35. The number of hydrogen-bond acceptors (Lipinski definition) is 2. The van der Waals surface area contributed by atoms with Crippen LogP contribution in [-0.4, -0.2) is 34.1 Å². The number of para-hydroxylation sites is 1. The van der Waals surface area contributed by atoms with Crippen LogP contribution in [0.2, 0.25) is 5.02 Å². The fourth-order valence-corrected chi connectivity index (χ4v) is 3.69. The molecule has 114 valence electrons. The van der Waals surface area contributed by atoms with Gasteiger partial charge in [-0.1, -0.05) is 24.6 Å². The van der Waals surface area contributed by atoms with Gasteiger partial charge in [0.15, 0.2) is 0 Å². The first kappa shape index (κ1) is 15.1. The van der Waals surface area contributed by atoms with E-state index in [2.05, 4.69) is 21.4 Å². The molecule has 0 N–H and O–H groups in total. The molecule has 2 atom stereocenters. The van der Waals surface area contributed by atoms with Gasteiger partial charge >= 0.3 is 0 Å². The summed E-state index contributed by atoms with van der Waals surface area (Å²) in [4.78, 5) is 7.18. The molecule has 0 saturated carbocycles. The number of fused-ring (bicyclic) bond motifs is 1. The number of alkyl halides is 1. The van der Waals surface area contributed by atoms with E-state index in [9.17, 15) is 0 Å². The second kappa shape index (κ2) is 6.15. The lowest BCUT2D eigenvalue weighted by Gasteiger charge is -2.17. The smallest absolute Gasteiger partial charge is 0.127 e. The quantitative estimate of drug-likeness (QED) is 0.780. The zero-order chi connectivity index (χ0) is 15.0. The Balaban J connectivity index is 1.98. The number of aromatic nitrogens is 2. The third-order valence-electron chi connectivity index (χ3n) is 4.36. The van der Waals surface area contributed by atoms with Gasteiger partial charge in [-0.05, 0) is 44.5 Å². The summed E-state index contributed by atoms with van der Waals surface area (Å²) < 4.78 is 2.24. The molecule has 2 aromatic rings. The average Bonchev–Trinajstić information content (AvgIpc) is 3.05. The monoisotopic (exact) mass is 325 g/mol. The van der Waals surface area contributed by atoms with Crippen molar-refractivity contribution in [1.82, 2.24) is 14.5 Å². The van der Waals surface area contributed by atoms with Crippen molar-refractivity contribution in [3.63, 3.8) is 0 Å². The molecule has 0 amide bonds. The second-order valence-corrected chi connectivity index (χ2v) is 6.91. The number of rotatable bonds is 4. The fraction of sp³-hybridized carbons (Fsp3) is 0.562. The molecule has 1 aliphatic rings. The summed E-state index contributed by atoms with van der Waals surface area (Å²) in [5.41, 5.74) is 1.96. The van der Waals surface area contributed by atoms with E-state index < -0.39 is 0 Å². The van der Waals surface area contributed by atoms with Gasteiger partial charge in [-0.15, -0.1) is 11.6 Å². The highest BCUT2D eigenvalue weighted by Gasteiger charge is 2.25. The molecule has 3 nitrogen and oxygen atoms in total. The lowest BCUT2D eigenvalue weighted by atomic mass is 10.1. The molecule has 0 aliphatic carbocycles. The van der Waals surface area contributed by atoms with Gasteiger partial charge in [0.1, 0.15) is 5.82 Å². The SMILES string of the molecule is CCN1CCC(Cn2c(C(C)Cl)nc3cccc(Cl)c32)C1. The predicted octanol–water partition coefficient (Wildman–Crippen LogP) is 4.33. The van der Waals surface area contributed by atoms with E-state index in [0.717, 1.165) is 41.5 Å². The molecule has 1 saturated heterocycles. The van der Waals surface area contributed by atoms with Crippen LogP contribution in [0, 0.1) is 5.92 Å². The second-order valence-electron chi connectivity index (χ2n) is 5.85. The first-order valence-corrected chi connectivity index (χ1v) is 8.42. The molecule has 1 fully saturated rings. The molecule has 1 aromatic carbocycles. The Kier molecular flexibility index (Phi) is 4.43. The lowest BCUT2D eigenvalue weighted by molar-refractivity contribution is 0.332. The van der Waals surface area contributed by atoms with Crippen molar-refractivity contribution in [3.8, 4) is 0 Å². The van der Waals surface area contributed by atoms with E-state index in [1.54, 1.807) is 0 Å². The average molecular weight is 326 g/mol. The van der Waals surface area contributed by atoms with Gasteiger partial charge in [0.05, 0.1) is 21.4 Å². The molecule has 0 spiro atoms. The molecule has 5 heteroatoms. The largest absolute Gasteiger partial charge is 0.325 e. The van der Waals surface area contributed by atoms with Crippen LogP contribution in [0.3, 0.4) is 0 Å². The van der Waals surface area contributed by atoms with E-state index >= 15 is 0 Å². The first-order chi connectivity index (χ1) is 10.1. The third kappa shape index (κ3) is 2.92. The van der Waals surface area contributed by atoms with Crippen molar-refractivity contribution in [2.24, 2.45) is 5.92 Å². The van der Waals surface area contributed by atoms with Gasteiger partial charge in [-0.2, -0.15) is 0 Å². The number of likely N-dealkylation sites (tertiary alicyclic amines) is 1. The van der Waals surface area contributed by atoms with Crippen LogP contribution < -0.4 is 0 Å². The highest BCUT2D eigenvalue weighted by Crippen LogP contribution is 2.31. The molecule has 3 rings (SSSR count). The van der Waals surface area contributed by atoms with Gasteiger partial charge in [0.2, 0.25) is 0 Å². The lowest BCUT2D eigenvalue weighted by Crippen LogP contribution is -2.21. The number of hydrogen-bond donors (Lipinski definition) is 0. The van der Waals surface area contributed by atoms with Gasteiger partial charge in [-0.3, -0.25) is 0 Å². The third-order valence-corrected chi connectivity index (χ3v) is 4.86. The molecule has 21 heavy (non-hydrogen) atoms. The molecule has 0 radical (unpaired) electrons. The Labute approximate surface area is 135 Å². The van der Waals surface area contributed by atoms with Gasteiger partial charge in [0.25, 0.3) is 0 Å². The maximum atomic E-state index is 6.41. The molecular weight excluding hydrogens is 305 g/mol. The number of halogens is 2. The standard InChI is InChI=1S/C16H21Cl2N3/c1-3-20-8-7-12(9-20)10-21-15-13(18)5-4-6-14(15)19-16(21)11(2)17/h4-6,11-12H,3,7-10H2,1-2H3. The topological polar surface area (TPSA) is 21.1 Å². The fourth-order valence-electron chi connectivity index (χ4n) is 3.26. The molecule has 0 bridgehead atoms. The molecule has 2 unspecified atom stereocenters. The minimum Gasteiger partial charge on any atom is -0.325 e. The van der Waals surface area contributed by atoms with E-state index in [4.69, 9.17) is 23.2 Å². The maximum absolute atomic E-state index is 6.41. The molecular formula is C16H21Cl2N3. The van der Waals surface area contributed by atoms with Crippen LogP contribution in [0.1, 0.15) is 31.5 Å². The summed E-state index contributed by atoms with van der Waals surface area (Å²) in [6.07, 6.45) is 1.23. The van der Waals surface area contributed by atoms with Crippen molar-refractivity contribution in [1.29, 1.82) is 0 Å². The van der Waals surface area contributed by atoms with E-state index in [1.807, 2.05) is 25.1 Å². The molecule has 1 aromatic heterocycles.